The van der Waals surface area contributed by atoms with Crippen LogP contribution in [-0.2, 0) is 6.42 Å². The molecule has 0 saturated carbocycles. The molecule has 1 aromatic heterocycles. The number of hydrogen-bond donors (Lipinski definition) is 2. The SMILES string of the molecule is CN(C)C(=O)NCCc1ccc(NC(=O)c2ccc(-n3cnc4ccccc43)cc2)cc1. The summed E-state index contributed by atoms with van der Waals surface area (Å²) in [6.07, 6.45) is 2.51. The van der Waals surface area contributed by atoms with Gasteiger partial charge in [0, 0.05) is 37.6 Å². The number of aromatic nitrogens is 2. The largest absolute Gasteiger partial charge is 0.338 e. The highest BCUT2D eigenvalue weighted by Crippen LogP contribution is 2.19. The first-order valence-electron chi connectivity index (χ1n) is 10.4. The van der Waals surface area contributed by atoms with Crippen molar-refractivity contribution in [2.75, 3.05) is 26.0 Å². The van der Waals surface area contributed by atoms with Crippen LogP contribution in [0.3, 0.4) is 0 Å². The number of urea groups is 1. The summed E-state index contributed by atoms with van der Waals surface area (Å²) in [6, 6.07) is 22.9. The van der Waals surface area contributed by atoms with Gasteiger partial charge in [-0.2, -0.15) is 0 Å². The van der Waals surface area contributed by atoms with Crippen LogP contribution in [0.4, 0.5) is 10.5 Å². The number of imidazole rings is 1. The lowest BCUT2D eigenvalue weighted by atomic mass is 10.1. The first-order chi connectivity index (χ1) is 15.5. The average molecular weight is 428 g/mol. The number of anilines is 1. The first kappa shape index (κ1) is 21.1. The molecule has 4 rings (SSSR count). The molecule has 0 fully saturated rings. The Morgan fingerprint density at radius 3 is 2.38 bits per heavy atom. The van der Waals surface area contributed by atoms with E-state index in [2.05, 4.69) is 15.6 Å². The van der Waals surface area contributed by atoms with Crippen LogP contribution in [-0.4, -0.2) is 47.0 Å². The second-order valence-corrected chi connectivity index (χ2v) is 7.68. The molecule has 0 unspecified atom stereocenters. The van der Waals surface area contributed by atoms with Crippen LogP contribution in [0.1, 0.15) is 15.9 Å². The number of carbonyl (C=O) groups is 2. The Balaban J connectivity index is 1.36. The number of fused-ring (bicyclic) bond motifs is 1. The van der Waals surface area contributed by atoms with Crippen molar-refractivity contribution in [3.8, 4) is 5.69 Å². The number of benzene rings is 3. The summed E-state index contributed by atoms with van der Waals surface area (Å²) < 4.78 is 2.00. The summed E-state index contributed by atoms with van der Waals surface area (Å²) >= 11 is 0. The molecular formula is C25H25N5O2. The third-order valence-electron chi connectivity index (χ3n) is 5.17. The topological polar surface area (TPSA) is 79.3 Å². The van der Waals surface area contributed by atoms with Crippen LogP contribution in [0.15, 0.2) is 79.1 Å². The molecule has 162 valence electrons. The summed E-state index contributed by atoms with van der Waals surface area (Å²) in [4.78, 5) is 30.1. The van der Waals surface area contributed by atoms with E-state index in [1.165, 1.54) is 4.90 Å². The zero-order valence-electron chi connectivity index (χ0n) is 18.1. The molecule has 0 radical (unpaired) electrons. The fourth-order valence-corrected chi connectivity index (χ4v) is 3.37. The Hall–Kier alpha value is -4.13. The average Bonchev–Trinajstić information content (AvgIpc) is 3.24. The molecule has 7 heteroatoms. The maximum Gasteiger partial charge on any atom is 0.316 e. The van der Waals surface area contributed by atoms with E-state index in [1.807, 2.05) is 65.2 Å². The van der Waals surface area contributed by atoms with Crippen LogP contribution in [0.2, 0.25) is 0 Å². The van der Waals surface area contributed by atoms with E-state index in [1.54, 1.807) is 32.6 Å². The highest BCUT2D eigenvalue weighted by Gasteiger charge is 2.09. The van der Waals surface area contributed by atoms with E-state index in [-0.39, 0.29) is 11.9 Å². The van der Waals surface area contributed by atoms with Crippen molar-refractivity contribution in [3.05, 3.63) is 90.3 Å². The second kappa shape index (κ2) is 9.34. The highest BCUT2D eigenvalue weighted by atomic mass is 16.2. The normalized spacial score (nSPS) is 10.7. The van der Waals surface area contributed by atoms with Crippen LogP contribution >= 0.6 is 0 Å². The van der Waals surface area contributed by atoms with Gasteiger partial charge in [-0.05, 0) is 60.5 Å². The van der Waals surface area contributed by atoms with E-state index in [0.717, 1.165) is 34.4 Å². The van der Waals surface area contributed by atoms with Crippen LogP contribution in [0, 0.1) is 0 Å². The van der Waals surface area contributed by atoms with Crippen LogP contribution in [0.5, 0.6) is 0 Å². The monoisotopic (exact) mass is 427 g/mol. The predicted molar refractivity (Wildman–Crippen MR) is 126 cm³/mol. The minimum atomic E-state index is -0.168. The maximum atomic E-state index is 12.6. The quantitative estimate of drug-likeness (QED) is 0.486. The van der Waals surface area contributed by atoms with Gasteiger partial charge in [-0.15, -0.1) is 0 Å². The Labute approximate surface area is 186 Å². The molecule has 0 aliphatic carbocycles. The smallest absolute Gasteiger partial charge is 0.316 e. The van der Waals surface area contributed by atoms with Gasteiger partial charge in [0.15, 0.2) is 0 Å². The van der Waals surface area contributed by atoms with E-state index in [9.17, 15) is 9.59 Å². The molecule has 0 spiro atoms. The molecule has 3 amide bonds. The third-order valence-corrected chi connectivity index (χ3v) is 5.17. The lowest BCUT2D eigenvalue weighted by Gasteiger charge is -2.12. The number of rotatable bonds is 6. The first-order valence-corrected chi connectivity index (χ1v) is 10.4. The Morgan fingerprint density at radius 1 is 0.938 bits per heavy atom. The van der Waals surface area contributed by atoms with Gasteiger partial charge in [0.1, 0.15) is 6.33 Å². The van der Waals surface area contributed by atoms with Gasteiger partial charge in [0.25, 0.3) is 5.91 Å². The summed E-state index contributed by atoms with van der Waals surface area (Å²) in [5, 5.41) is 5.76. The number of carbonyl (C=O) groups excluding carboxylic acids is 2. The molecule has 32 heavy (non-hydrogen) atoms. The van der Waals surface area contributed by atoms with E-state index < -0.39 is 0 Å². The molecule has 7 nitrogen and oxygen atoms in total. The van der Waals surface area contributed by atoms with Crippen molar-refractivity contribution < 1.29 is 9.59 Å². The van der Waals surface area contributed by atoms with Gasteiger partial charge in [0.2, 0.25) is 0 Å². The molecule has 4 aromatic rings. The fraction of sp³-hybridized carbons (Fsp3) is 0.160. The number of nitrogens with zero attached hydrogens (tertiary/aromatic N) is 3. The van der Waals surface area contributed by atoms with E-state index >= 15 is 0 Å². The zero-order valence-corrected chi connectivity index (χ0v) is 18.1. The Morgan fingerprint density at radius 2 is 1.66 bits per heavy atom. The van der Waals surface area contributed by atoms with Crippen LogP contribution < -0.4 is 10.6 Å². The number of amides is 3. The zero-order chi connectivity index (χ0) is 22.5. The molecular weight excluding hydrogens is 402 g/mol. The summed E-state index contributed by atoms with van der Waals surface area (Å²) in [7, 11) is 3.42. The van der Waals surface area contributed by atoms with E-state index in [4.69, 9.17) is 0 Å². The molecule has 0 bridgehead atoms. The summed E-state index contributed by atoms with van der Waals surface area (Å²) in [6.45, 7) is 0.557. The second-order valence-electron chi connectivity index (χ2n) is 7.68. The van der Waals surface area contributed by atoms with Gasteiger partial charge in [-0.1, -0.05) is 24.3 Å². The number of nitrogens with one attached hydrogen (secondary N) is 2. The van der Waals surface area contributed by atoms with Crippen molar-refractivity contribution in [3.63, 3.8) is 0 Å². The van der Waals surface area contributed by atoms with Crippen molar-refractivity contribution in [1.29, 1.82) is 0 Å². The Kier molecular flexibility index (Phi) is 6.17. The standard InChI is InChI=1S/C25H25N5O2/c1-29(2)25(32)26-16-15-18-7-11-20(12-8-18)28-24(31)19-9-13-21(14-10-19)30-17-27-22-5-3-4-6-23(22)30/h3-14,17H,15-16H2,1-2H3,(H,26,32)(H,28,31). The molecule has 0 aliphatic rings. The van der Waals surface area contributed by atoms with Crippen LogP contribution in [0.25, 0.3) is 16.7 Å². The number of para-hydroxylation sites is 2. The van der Waals surface area contributed by atoms with Gasteiger partial charge >= 0.3 is 6.03 Å². The van der Waals surface area contributed by atoms with Crippen molar-refractivity contribution in [2.45, 2.75) is 6.42 Å². The fourth-order valence-electron chi connectivity index (χ4n) is 3.37. The molecule has 0 atom stereocenters. The summed E-state index contributed by atoms with van der Waals surface area (Å²) in [5.74, 6) is -0.168. The van der Waals surface area contributed by atoms with Gasteiger partial charge < -0.3 is 15.5 Å². The maximum absolute atomic E-state index is 12.6. The number of hydrogen-bond acceptors (Lipinski definition) is 3. The van der Waals surface area contributed by atoms with Gasteiger partial charge in [-0.25, -0.2) is 9.78 Å². The van der Waals surface area contributed by atoms with Gasteiger partial charge in [-0.3, -0.25) is 9.36 Å². The van der Waals surface area contributed by atoms with E-state index in [0.29, 0.717) is 12.1 Å². The minimum absolute atomic E-state index is 0.110. The van der Waals surface area contributed by atoms with Gasteiger partial charge in [0.05, 0.1) is 11.0 Å². The lowest BCUT2D eigenvalue weighted by molar-refractivity contribution is 0.102. The Bertz CT molecular complexity index is 1230. The van der Waals surface area contributed by atoms with Crippen molar-refractivity contribution >= 4 is 28.7 Å². The lowest BCUT2D eigenvalue weighted by Crippen LogP contribution is -2.35. The van der Waals surface area contributed by atoms with Crippen molar-refractivity contribution in [1.82, 2.24) is 19.8 Å². The molecule has 1 heterocycles. The minimum Gasteiger partial charge on any atom is -0.338 e. The predicted octanol–water partition coefficient (Wildman–Crippen LogP) is 4.09. The highest BCUT2D eigenvalue weighted by molar-refractivity contribution is 6.04. The molecule has 3 aromatic carbocycles. The molecule has 0 saturated heterocycles. The molecule has 2 N–H and O–H groups in total. The molecule has 0 aliphatic heterocycles. The van der Waals surface area contributed by atoms with Crippen molar-refractivity contribution in [2.24, 2.45) is 0 Å². The third kappa shape index (κ3) is 4.78. The summed E-state index contributed by atoms with van der Waals surface area (Å²) in [5.41, 5.74) is 5.28.